The number of carbonyl (C=O) groups is 1. The second-order valence-electron chi connectivity index (χ2n) is 10.9. The van der Waals surface area contributed by atoms with Gasteiger partial charge in [0, 0.05) is 31.1 Å². The first-order valence-electron chi connectivity index (χ1n) is 14.8. The molecule has 0 saturated heterocycles. The summed E-state index contributed by atoms with van der Waals surface area (Å²) in [5, 5.41) is 12.2. The van der Waals surface area contributed by atoms with Gasteiger partial charge in [0.2, 0.25) is 5.90 Å². The quantitative estimate of drug-likeness (QED) is 0.179. The minimum absolute atomic E-state index is 0.0711. The van der Waals surface area contributed by atoms with Crippen molar-refractivity contribution in [3.05, 3.63) is 132 Å². The van der Waals surface area contributed by atoms with Crippen molar-refractivity contribution in [2.45, 2.75) is 44.4 Å². The van der Waals surface area contributed by atoms with Crippen LogP contribution in [-0.4, -0.2) is 41.7 Å². The van der Waals surface area contributed by atoms with E-state index in [4.69, 9.17) is 19.6 Å². The molecule has 6 heteroatoms. The van der Waals surface area contributed by atoms with Gasteiger partial charge in [-0.05, 0) is 60.4 Å². The zero-order valence-electron chi connectivity index (χ0n) is 24.6. The van der Waals surface area contributed by atoms with Gasteiger partial charge in [-0.25, -0.2) is 4.99 Å². The first kappa shape index (κ1) is 29.8. The molecule has 0 unspecified atom stereocenters. The van der Waals surface area contributed by atoms with E-state index >= 15 is 0 Å². The van der Waals surface area contributed by atoms with E-state index in [1.54, 1.807) is 0 Å². The topological polar surface area (TPSA) is 80.2 Å². The lowest BCUT2D eigenvalue weighted by Gasteiger charge is -2.30. The van der Waals surface area contributed by atoms with Gasteiger partial charge in [-0.1, -0.05) is 97.1 Å². The molecule has 1 heterocycles. The van der Waals surface area contributed by atoms with Crippen LogP contribution in [0.5, 0.6) is 5.75 Å². The molecule has 0 aromatic heterocycles. The summed E-state index contributed by atoms with van der Waals surface area (Å²) in [7, 11) is 0. The number of aliphatic hydroxyl groups is 1. The number of carbonyl (C=O) groups excluding carboxylic acids is 1. The lowest BCUT2D eigenvalue weighted by Crippen LogP contribution is -2.50. The highest BCUT2D eigenvalue weighted by Gasteiger charge is 2.52. The van der Waals surface area contributed by atoms with Crippen molar-refractivity contribution in [1.29, 1.82) is 0 Å². The Morgan fingerprint density at radius 3 is 2.19 bits per heavy atom. The largest absolute Gasteiger partial charge is 0.494 e. The van der Waals surface area contributed by atoms with E-state index < -0.39 is 11.6 Å². The van der Waals surface area contributed by atoms with Crippen LogP contribution in [0, 0.1) is 0 Å². The molecule has 4 aromatic carbocycles. The van der Waals surface area contributed by atoms with Gasteiger partial charge in [0.25, 0.3) is 5.91 Å². The highest BCUT2D eigenvalue weighted by molar-refractivity contribution is 6.01. The van der Waals surface area contributed by atoms with E-state index in [9.17, 15) is 4.79 Å². The predicted molar refractivity (Wildman–Crippen MR) is 172 cm³/mol. The van der Waals surface area contributed by atoms with Crippen LogP contribution in [-0.2, 0) is 9.53 Å². The van der Waals surface area contributed by atoms with E-state index in [0.29, 0.717) is 31.1 Å². The van der Waals surface area contributed by atoms with Gasteiger partial charge in [0.05, 0.1) is 6.61 Å². The number of aliphatic imine (C=N–C) groups is 1. The molecule has 1 amide bonds. The predicted octanol–water partition coefficient (Wildman–Crippen LogP) is 7.00. The lowest BCUT2D eigenvalue weighted by atomic mass is 9.83. The van der Waals surface area contributed by atoms with E-state index in [1.807, 2.05) is 111 Å². The normalized spacial score (nSPS) is 18.0. The summed E-state index contributed by atoms with van der Waals surface area (Å²) in [6.07, 6.45) is 4.29. The number of hydrogen-bond donors (Lipinski definition) is 2. The van der Waals surface area contributed by atoms with Gasteiger partial charge in [0.1, 0.15) is 5.75 Å². The minimum atomic E-state index is -1.23. The van der Waals surface area contributed by atoms with Gasteiger partial charge < -0.3 is 19.9 Å². The third-order valence-corrected chi connectivity index (χ3v) is 7.31. The van der Waals surface area contributed by atoms with Crippen LogP contribution in [0.3, 0.4) is 0 Å². The number of hydrogen-bond acceptors (Lipinski definition) is 5. The Morgan fingerprint density at radius 2 is 1.53 bits per heavy atom. The van der Waals surface area contributed by atoms with Crippen LogP contribution < -0.4 is 10.1 Å². The highest BCUT2D eigenvalue weighted by Crippen LogP contribution is 2.43. The number of aliphatic hydroxyl groups excluding tert-OH is 1. The summed E-state index contributed by atoms with van der Waals surface area (Å²) in [6.45, 7) is 4.41. The van der Waals surface area contributed by atoms with Crippen molar-refractivity contribution in [2.24, 2.45) is 4.99 Å². The molecule has 1 aliphatic heterocycles. The van der Waals surface area contributed by atoms with Crippen molar-refractivity contribution in [3.63, 3.8) is 0 Å². The molecule has 0 radical (unpaired) electrons. The number of amides is 1. The Kier molecular flexibility index (Phi) is 9.70. The van der Waals surface area contributed by atoms with E-state index in [1.165, 1.54) is 0 Å². The Labute approximate surface area is 253 Å². The molecule has 220 valence electrons. The monoisotopic (exact) mass is 574 g/mol. The third-order valence-electron chi connectivity index (χ3n) is 7.31. The SMILES string of the molecule is CC(C)NC(=O)[C@]1(C/C=C/c2ccccc2)N=C(c2ccc(OCCCO)cc2)O[C@@H]1c1ccc(-c2ccccc2)cc1. The van der Waals surface area contributed by atoms with Crippen molar-refractivity contribution in [2.75, 3.05) is 13.2 Å². The summed E-state index contributed by atoms with van der Waals surface area (Å²) in [5.74, 6) is 0.917. The summed E-state index contributed by atoms with van der Waals surface area (Å²) in [4.78, 5) is 19.2. The maximum Gasteiger partial charge on any atom is 0.252 e. The molecule has 43 heavy (non-hydrogen) atoms. The van der Waals surface area contributed by atoms with Crippen LogP contribution in [0.2, 0.25) is 0 Å². The molecule has 4 aromatic rings. The number of nitrogens with zero attached hydrogens (tertiary/aromatic N) is 1. The molecule has 0 fully saturated rings. The van der Waals surface area contributed by atoms with Crippen molar-refractivity contribution in [3.8, 4) is 16.9 Å². The van der Waals surface area contributed by atoms with Crippen LogP contribution in [0.4, 0.5) is 0 Å². The third kappa shape index (κ3) is 7.22. The zero-order chi connectivity index (χ0) is 30.1. The minimum Gasteiger partial charge on any atom is -0.494 e. The van der Waals surface area contributed by atoms with Crippen molar-refractivity contribution < 1.29 is 19.4 Å². The van der Waals surface area contributed by atoms with Gasteiger partial charge in [-0.15, -0.1) is 0 Å². The lowest BCUT2D eigenvalue weighted by molar-refractivity contribution is -0.129. The molecule has 0 bridgehead atoms. The number of rotatable bonds is 12. The van der Waals surface area contributed by atoms with Gasteiger partial charge in [0.15, 0.2) is 11.6 Å². The second-order valence-corrected chi connectivity index (χ2v) is 10.9. The average molecular weight is 575 g/mol. The van der Waals surface area contributed by atoms with E-state index in [0.717, 1.165) is 27.8 Å². The summed E-state index contributed by atoms with van der Waals surface area (Å²) < 4.78 is 12.3. The molecule has 1 aliphatic rings. The van der Waals surface area contributed by atoms with Gasteiger partial charge in [-0.3, -0.25) is 4.79 Å². The molecular weight excluding hydrogens is 536 g/mol. The van der Waals surface area contributed by atoms with Crippen LogP contribution in [0.1, 0.15) is 49.5 Å². The Balaban J connectivity index is 1.53. The molecular formula is C37H38N2O4. The van der Waals surface area contributed by atoms with Gasteiger partial charge in [-0.2, -0.15) is 0 Å². The summed E-state index contributed by atoms with van der Waals surface area (Å²) in [6, 6.07) is 35.8. The molecule has 0 saturated carbocycles. The number of nitrogens with one attached hydrogen (secondary N) is 1. The molecule has 6 nitrogen and oxygen atoms in total. The first-order chi connectivity index (χ1) is 21.0. The molecule has 0 aliphatic carbocycles. The maximum absolute atomic E-state index is 14.1. The second kappa shape index (κ2) is 14.0. The van der Waals surface area contributed by atoms with Crippen molar-refractivity contribution in [1.82, 2.24) is 5.32 Å². The highest BCUT2D eigenvalue weighted by atomic mass is 16.5. The van der Waals surface area contributed by atoms with E-state index in [-0.39, 0.29) is 18.6 Å². The fourth-order valence-electron chi connectivity index (χ4n) is 5.12. The van der Waals surface area contributed by atoms with Gasteiger partial charge >= 0.3 is 0 Å². The number of ether oxygens (including phenoxy) is 2. The van der Waals surface area contributed by atoms with Crippen LogP contribution in [0.15, 0.2) is 120 Å². The summed E-state index contributed by atoms with van der Waals surface area (Å²) in [5.41, 5.74) is 3.65. The maximum atomic E-state index is 14.1. The standard InChI is InChI=1S/C37H38N2O4/c1-27(2)38-36(41)37(24-9-13-28-11-5-3-6-12-28)34(31-18-16-30(17-19-31)29-14-7-4-8-15-29)43-35(39-37)32-20-22-33(23-21-32)42-26-10-25-40/h3-9,11-23,27,34,40H,10,24-26H2,1-2H3,(H,38,41)/b13-9+/t34-,37-/m1/s1. The van der Waals surface area contributed by atoms with Crippen LogP contribution in [0.25, 0.3) is 17.2 Å². The molecule has 0 spiro atoms. The molecule has 2 atom stereocenters. The Bertz CT molecular complexity index is 1530. The molecule has 5 rings (SSSR count). The Morgan fingerprint density at radius 1 is 0.907 bits per heavy atom. The zero-order valence-corrected chi connectivity index (χ0v) is 24.6. The summed E-state index contributed by atoms with van der Waals surface area (Å²) >= 11 is 0. The first-order valence-corrected chi connectivity index (χ1v) is 14.8. The molecule has 2 N–H and O–H groups in total. The average Bonchev–Trinajstić information content (AvgIpc) is 3.43. The van der Waals surface area contributed by atoms with E-state index in [2.05, 4.69) is 29.6 Å². The Hall–Kier alpha value is -4.68. The fraction of sp³-hybridized carbons (Fsp3) is 0.243. The smallest absolute Gasteiger partial charge is 0.252 e. The fourth-order valence-corrected chi connectivity index (χ4v) is 5.12. The van der Waals surface area contributed by atoms with Crippen LogP contribution >= 0.6 is 0 Å². The van der Waals surface area contributed by atoms with Crippen molar-refractivity contribution >= 4 is 17.9 Å². The number of benzene rings is 4.